The number of ketones is 1. The second-order valence-electron chi connectivity index (χ2n) is 5.22. The van der Waals surface area contributed by atoms with E-state index in [0.717, 1.165) is 19.4 Å². The molecule has 1 aromatic carbocycles. The average molecular weight is 265 g/mol. The number of carbonyl (C=O) groups is 1. The number of hydrogen-bond acceptors (Lipinski definition) is 3. The van der Waals surface area contributed by atoms with Crippen molar-refractivity contribution in [2.24, 2.45) is 5.92 Å². The predicted octanol–water partition coefficient (Wildman–Crippen LogP) is 2.10. The van der Waals surface area contributed by atoms with Crippen LogP contribution in [0.1, 0.15) is 30.1 Å². The van der Waals surface area contributed by atoms with Crippen molar-refractivity contribution < 1.29 is 14.3 Å². The Morgan fingerprint density at radius 1 is 1.53 bits per heavy atom. The predicted molar refractivity (Wildman–Crippen MR) is 71.6 cm³/mol. The molecule has 4 heteroatoms. The zero-order chi connectivity index (χ0) is 13.8. The quantitative estimate of drug-likeness (QED) is 0.829. The van der Waals surface area contributed by atoms with Gasteiger partial charge in [-0.2, -0.15) is 0 Å². The van der Waals surface area contributed by atoms with Crippen LogP contribution in [0.15, 0.2) is 24.3 Å². The van der Waals surface area contributed by atoms with Crippen LogP contribution in [0.5, 0.6) is 0 Å². The zero-order valence-electron chi connectivity index (χ0n) is 11.2. The zero-order valence-corrected chi connectivity index (χ0v) is 11.2. The van der Waals surface area contributed by atoms with Crippen molar-refractivity contribution >= 4 is 5.78 Å². The van der Waals surface area contributed by atoms with Gasteiger partial charge in [0.05, 0.1) is 12.2 Å². The summed E-state index contributed by atoms with van der Waals surface area (Å²) in [4.78, 5) is 14.3. The third-order valence-corrected chi connectivity index (χ3v) is 3.81. The molecule has 19 heavy (non-hydrogen) atoms. The van der Waals surface area contributed by atoms with Crippen LogP contribution >= 0.6 is 0 Å². The van der Waals surface area contributed by atoms with Gasteiger partial charge in [0.25, 0.3) is 0 Å². The van der Waals surface area contributed by atoms with Gasteiger partial charge in [0.2, 0.25) is 0 Å². The van der Waals surface area contributed by atoms with E-state index in [4.69, 9.17) is 0 Å². The second-order valence-corrected chi connectivity index (χ2v) is 5.22. The highest BCUT2D eigenvalue weighted by atomic mass is 19.1. The number of carbonyl (C=O) groups excluding carboxylic acids is 1. The molecule has 0 amide bonds. The molecule has 1 aromatic rings. The Bertz CT molecular complexity index is 450. The summed E-state index contributed by atoms with van der Waals surface area (Å²) in [5.74, 6) is -0.884. The van der Waals surface area contributed by atoms with E-state index in [0.29, 0.717) is 6.54 Å². The minimum atomic E-state index is -0.459. The number of aliphatic hydroxyl groups excluding tert-OH is 1. The Morgan fingerprint density at radius 3 is 2.95 bits per heavy atom. The van der Waals surface area contributed by atoms with Crippen molar-refractivity contribution in [3.05, 3.63) is 35.6 Å². The fraction of sp³-hybridized carbons (Fsp3) is 0.533. The molecule has 1 heterocycles. The first-order valence-electron chi connectivity index (χ1n) is 6.77. The highest BCUT2D eigenvalue weighted by molar-refractivity contribution is 5.98. The van der Waals surface area contributed by atoms with E-state index in [9.17, 15) is 14.3 Å². The SMILES string of the molecule is CC(CN1CCCC1CO)C(=O)c1ccccc1F. The molecule has 0 radical (unpaired) electrons. The highest BCUT2D eigenvalue weighted by Gasteiger charge is 2.28. The maximum absolute atomic E-state index is 13.6. The standard InChI is InChI=1S/C15H20FNO2/c1-11(9-17-8-4-5-12(17)10-18)15(19)13-6-2-3-7-14(13)16/h2-3,6-7,11-12,18H,4-5,8-10H2,1H3. The van der Waals surface area contributed by atoms with E-state index in [2.05, 4.69) is 4.90 Å². The Kier molecular flexibility index (Phi) is 4.66. The molecule has 2 atom stereocenters. The first kappa shape index (κ1) is 14.2. The van der Waals surface area contributed by atoms with Crippen LogP contribution in [0.25, 0.3) is 0 Å². The lowest BCUT2D eigenvalue weighted by Gasteiger charge is -2.25. The summed E-state index contributed by atoms with van der Waals surface area (Å²) >= 11 is 0. The van der Waals surface area contributed by atoms with E-state index in [-0.39, 0.29) is 29.9 Å². The molecule has 2 unspecified atom stereocenters. The summed E-state index contributed by atoms with van der Waals surface area (Å²) in [5, 5.41) is 9.26. The number of hydrogen-bond donors (Lipinski definition) is 1. The van der Waals surface area contributed by atoms with Crippen molar-refractivity contribution in [3.63, 3.8) is 0 Å². The van der Waals surface area contributed by atoms with Gasteiger partial charge < -0.3 is 5.11 Å². The van der Waals surface area contributed by atoms with Gasteiger partial charge in [-0.15, -0.1) is 0 Å². The molecule has 0 aromatic heterocycles. The maximum atomic E-state index is 13.6. The Hall–Kier alpha value is -1.26. The smallest absolute Gasteiger partial charge is 0.169 e. The van der Waals surface area contributed by atoms with Crippen molar-refractivity contribution in [3.8, 4) is 0 Å². The second kappa shape index (κ2) is 6.26. The van der Waals surface area contributed by atoms with Gasteiger partial charge in [-0.25, -0.2) is 4.39 Å². The summed E-state index contributed by atoms with van der Waals surface area (Å²) in [6, 6.07) is 6.25. The number of rotatable bonds is 5. The molecule has 0 bridgehead atoms. The number of likely N-dealkylation sites (tertiary alicyclic amines) is 1. The molecule has 0 spiro atoms. The van der Waals surface area contributed by atoms with E-state index >= 15 is 0 Å². The molecule has 1 aliphatic rings. The van der Waals surface area contributed by atoms with Crippen LogP contribution in [-0.2, 0) is 0 Å². The topological polar surface area (TPSA) is 40.5 Å². The molecule has 1 saturated heterocycles. The van der Waals surface area contributed by atoms with E-state index in [1.54, 1.807) is 12.1 Å². The van der Waals surface area contributed by atoms with Crippen LogP contribution in [0.2, 0.25) is 0 Å². The number of aliphatic hydroxyl groups is 1. The molecule has 1 aliphatic heterocycles. The van der Waals surface area contributed by atoms with Gasteiger partial charge in [-0.3, -0.25) is 9.69 Å². The molecule has 1 N–H and O–H groups in total. The van der Waals surface area contributed by atoms with Gasteiger partial charge in [0.15, 0.2) is 5.78 Å². The maximum Gasteiger partial charge on any atom is 0.169 e. The van der Waals surface area contributed by atoms with Gasteiger partial charge in [0, 0.05) is 18.5 Å². The minimum absolute atomic E-state index is 0.126. The number of halogens is 1. The normalized spacial score (nSPS) is 21.5. The van der Waals surface area contributed by atoms with Crippen molar-refractivity contribution in [2.75, 3.05) is 19.7 Å². The van der Waals surface area contributed by atoms with Crippen LogP contribution in [-0.4, -0.2) is 41.5 Å². The van der Waals surface area contributed by atoms with Crippen LogP contribution in [0.4, 0.5) is 4.39 Å². The van der Waals surface area contributed by atoms with Crippen molar-refractivity contribution in [1.82, 2.24) is 4.90 Å². The average Bonchev–Trinajstić information content (AvgIpc) is 2.85. The Labute approximate surface area is 113 Å². The third-order valence-electron chi connectivity index (χ3n) is 3.81. The lowest BCUT2D eigenvalue weighted by atomic mass is 9.98. The van der Waals surface area contributed by atoms with Gasteiger partial charge in [-0.1, -0.05) is 19.1 Å². The molecular formula is C15H20FNO2. The summed E-state index contributed by atoms with van der Waals surface area (Å²) in [7, 11) is 0. The third kappa shape index (κ3) is 3.19. The molecule has 104 valence electrons. The molecule has 0 saturated carbocycles. The number of Topliss-reactive ketones (excluding diaryl/α,β-unsaturated/α-hetero) is 1. The molecule has 3 nitrogen and oxygen atoms in total. The van der Waals surface area contributed by atoms with Crippen LogP contribution in [0, 0.1) is 11.7 Å². The Balaban J connectivity index is 2.02. The molecule has 2 rings (SSSR count). The van der Waals surface area contributed by atoms with E-state index < -0.39 is 5.82 Å². The van der Waals surface area contributed by atoms with Crippen molar-refractivity contribution in [1.29, 1.82) is 0 Å². The summed E-state index contributed by atoms with van der Waals surface area (Å²) < 4.78 is 13.6. The van der Waals surface area contributed by atoms with Gasteiger partial charge >= 0.3 is 0 Å². The van der Waals surface area contributed by atoms with Crippen molar-refractivity contribution in [2.45, 2.75) is 25.8 Å². The van der Waals surface area contributed by atoms with Crippen LogP contribution < -0.4 is 0 Å². The largest absolute Gasteiger partial charge is 0.395 e. The van der Waals surface area contributed by atoms with E-state index in [1.165, 1.54) is 12.1 Å². The van der Waals surface area contributed by atoms with E-state index in [1.807, 2.05) is 6.92 Å². The first-order valence-corrected chi connectivity index (χ1v) is 6.77. The summed E-state index contributed by atoms with van der Waals surface area (Å²) in [6.07, 6.45) is 2.02. The fourth-order valence-corrected chi connectivity index (χ4v) is 2.70. The lowest BCUT2D eigenvalue weighted by molar-refractivity contribution is 0.0857. The number of nitrogens with zero attached hydrogens (tertiary/aromatic N) is 1. The van der Waals surface area contributed by atoms with Crippen LogP contribution in [0.3, 0.4) is 0 Å². The van der Waals surface area contributed by atoms with Gasteiger partial charge in [-0.05, 0) is 31.5 Å². The lowest BCUT2D eigenvalue weighted by Crippen LogP contribution is -2.37. The molecule has 0 aliphatic carbocycles. The minimum Gasteiger partial charge on any atom is -0.395 e. The summed E-state index contributed by atoms with van der Waals surface area (Å²) in [6.45, 7) is 3.43. The Morgan fingerprint density at radius 2 is 2.26 bits per heavy atom. The molecular weight excluding hydrogens is 245 g/mol. The monoisotopic (exact) mass is 265 g/mol. The number of benzene rings is 1. The van der Waals surface area contributed by atoms with Gasteiger partial charge in [0.1, 0.15) is 5.82 Å². The first-order chi connectivity index (χ1) is 9.13. The highest BCUT2D eigenvalue weighted by Crippen LogP contribution is 2.20. The summed E-state index contributed by atoms with van der Waals surface area (Å²) in [5.41, 5.74) is 0.162. The fourth-order valence-electron chi connectivity index (χ4n) is 2.70. The molecule has 1 fully saturated rings.